The molecule has 1 saturated heterocycles. The molecular weight excluding hydrogens is 317 g/mol. The van der Waals surface area contributed by atoms with Gasteiger partial charge in [0.15, 0.2) is 0 Å². The van der Waals surface area contributed by atoms with E-state index in [0.717, 1.165) is 6.42 Å². The van der Waals surface area contributed by atoms with Gasteiger partial charge in [0, 0.05) is 12.1 Å². The fraction of sp³-hybridized carbons (Fsp3) is 0.842. The van der Waals surface area contributed by atoms with E-state index in [-0.39, 0.29) is 18.2 Å². The molecule has 144 valence electrons. The predicted octanol–water partition coefficient (Wildman–Crippen LogP) is 4.80. The molecule has 1 aliphatic rings. The lowest BCUT2D eigenvalue weighted by atomic mass is 9.85. The van der Waals surface area contributed by atoms with Crippen LogP contribution in [0.15, 0.2) is 11.7 Å². The summed E-state index contributed by atoms with van der Waals surface area (Å²) in [5, 5.41) is 0. The molecule has 1 fully saturated rings. The zero-order valence-corrected chi connectivity index (χ0v) is 17.7. The first-order chi connectivity index (χ1) is 11.3. The van der Waals surface area contributed by atoms with E-state index in [0.29, 0.717) is 11.6 Å². The molecule has 0 aromatic carbocycles. The maximum absolute atomic E-state index is 12.7. The monoisotopic (exact) mass is 353 g/mol. The van der Waals surface area contributed by atoms with Crippen molar-refractivity contribution < 1.29 is 18.8 Å². The lowest BCUT2D eigenvalue weighted by Crippen LogP contribution is -2.43. The summed E-state index contributed by atoms with van der Waals surface area (Å²) in [7, 11) is -0.672. The lowest BCUT2D eigenvalue weighted by molar-refractivity contribution is 0.00578. The molecule has 0 bridgehead atoms. The molecule has 0 radical (unpaired) electrons. The van der Waals surface area contributed by atoms with Crippen LogP contribution < -0.4 is 0 Å². The van der Waals surface area contributed by atoms with Crippen LogP contribution in [0.2, 0.25) is 0 Å². The highest BCUT2D eigenvalue weighted by molar-refractivity contribution is 6.54. The lowest BCUT2D eigenvalue weighted by Gasteiger charge is -2.32. The van der Waals surface area contributed by atoms with Crippen LogP contribution in [0.25, 0.3) is 0 Å². The Bertz CT molecular complexity index is 474. The van der Waals surface area contributed by atoms with Crippen molar-refractivity contribution >= 4 is 13.2 Å². The second-order valence-electron chi connectivity index (χ2n) is 8.79. The van der Waals surface area contributed by atoms with Crippen LogP contribution >= 0.6 is 0 Å². The first-order valence-corrected chi connectivity index (χ1v) is 9.34. The molecule has 1 rings (SSSR count). The van der Waals surface area contributed by atoms with Crippen LogP contribution in [0, 0.1) is 5.92 Å². The fourth-order valence-electron chi connectivity index (χ4n) is 2.67. The highest BCUT2D eigenvalue weighted by Gasteiger charge is 2.53. The minimum Gasteiger partial charge on any atom is -0.419 e. The van der Waals surface area contributed by atoms with Gasteiger partial charge in [0.05, 0.1) is 11.2 Å². The van der Waals surface area contributed by atoms with Crippen molar-refractivity contribution in [2.24, 2.45) is 5.92 Å². The van der Waals surface area contributed by atoms with Crippen molar-refractivity contribution in [3.8, 4) is 0 Å². The van der Waals surface area contributed by atoms with Gasteiger partial charge in [0.25, 0.3) is 0 Å². The van der Waals surface area contributed by atoms with Crippen molar-refractivity contribution in [1.29, 1.82) is 0 Å². The van der Waals surface area contributed by atoms with E-state index in [9.17, 15) is 4.79 Å². The second-order valence-corrected chi connectivity index (χ2v) is 8.79. The van der Waals surface area contributed by atoms with E-state index in [1.165, 1.54) is 0 Å². The molecule has 6 heteroatoms. The average molecular weight is 353 g/mol. The zero-order valence-electron chi connectivity index (χ0n) is 17.7. The summed E-state index contributed by atoms with van der Waals surface area (Å²) < 4.78 is 17.9. The minimum absolute atomic E-state index is 0.0529. The number of allylic oxidation sites excluding steroid dienone is 1. The summed E-state index contributed by atoms with van der Waals surface area (Å²) >= 11 is 0. The number of hydrogen-bond acceptors (Lipinski definition) is 4. The van der Waals surface area contributed by atoms with Crippen molar-refractivity contribution in [1.82, 2.24) is 4.90 Å². The molecule has 0 saturated carbocycles. The molecule has 0 N–H and O–H groups in total. The van der Waals surface area contributed by atoms with Crippen LogP contribution in [0.3, 0.4) is 0 Å². The Labute approximate surface area is 154 Å². The maximum atomic E-state index is 12.7. The van der Waals surface area contributed by atoms with E-state index in [2.05, 4.69) is 13.8 Å². The highest BCUT2D eigenvalue weighted by atomic mass is 16.7. The maximum Gasteiger partial charge on any atom is 0.532 e. The number of hydrogen-bond donors (Lipinski definition) is 0. The summed E-state index contributed by atoms with van der Waals surface area (Å²) in [5.74, 6) is 0.447. The van der Waals surface area contributed by atoms with Crippen LogP contribution in [-0.4, -0.2) is 41.4 Å². The van der Waals surface area contributed by atoms with Gasteiger partial charge in [0.1, 0.15) is 5.66 Å². The Hall–Kier alpha value is -1.01. The topological polar surface area (TPSA) is 48.0 Å². The van der Waals surface area contributed by atoms with E-state index in [4.69, 9.17) is 14.0 Å². The predicted molar refractivity (Wildman–Crippen MR) is 102 cm³/mol. The number of carbonyl (C=O) groups is 1. The number of ether oxygens (including phenoxy) is 1. The van der Waals surface area contributed by atoms with Crippen molar-refractivity contribution in [3.63, 3.8) is 0 Å². The first kappa shape index (κ1) is 22.0. The van der Waals surface area contributed by atoms with Gasteiger partial charge in [-0.05, 0) is 73.8 Å². The SMILES string of the molecule is CC(C)C/C=C(\OC(=O)N(C(C)C)C(C)C)B1OC(C)(C)C(C)(C)O1. The van der Waals surface area contributed by atoms with Crippen LogP contribution in [0.4, 0.5) is 4.79 Å². The van der Waals surface area contributed by atoms with Crippen LogP contribution in [0.5, 0.6) is 0 Å². The van der Waals surface area contributed by atoms with E-state index in [1.54, 1.807) is 4.90 Å². The number of amides is 1. The number of nitrogens with zero attached hydrogens (tertiary/aromatic N) is 1. The van der Waals surface area contributed by atoms with Gasteiger partial charge in [-0.3, -0.25) is 0 Å². The van der Waals surface area contributed by atoms with Crippen LogP contribution in [0.1, 0.15) is 75.7 Å². The van der Waals surface area contributed by atoms with Gasteiger partial charge in [0.2, 0.25) is 0 Å². The summed E-state index contributed by atoms with van der Waals surface area (Å²) in [6.45, 7) is 20.1. The van der Waals surface area contributed by atoms with E-state index >= 15 is 0 Å². The second kappa shape index (κ2) is 8.13. The first-order valence-electron chi connectivity index (χ1n) is 9.34. The third-order valence-electron chi connectivity index (χ3n) is 4.80. The molecule has 1 heterocycles. The Balaban J connectivity index is 3.03. The quantitative estimate of drug-likeness (QED) is 0.508. The summed E-state index contributed by atoms with van der Waals surface area (Å²) in [6, 6.07) is 0.106. The molecule has 0 aromatic heterocycles. The minimum atomic E-state index is -0.672. The highest BCUT2D eigenvalue weighted by Crippen LogP contribution is 2.39. The Kier molecular flexibility index (Phi) is 7.16. The van der Waals surface area contributed by atoms with Gasteiger partial charge < -0.3 is 18.9 Å². The summed E-state index contributed by atoms with van der Waals surface area (Å²) in [4.78, 5) is 14.4. The molecular formula is C19H36BNO4. The molecule has 0 aromatic rings. The van der Waals surface area contributed by atoms with Crippen molar-refractivity contribution in [3.05, 3.63) is 11.7 Å². The smallest absolute Gasteiger partial charge is 0.419 e. The molecule has 0 atom stereocenters. The molecule has 1 aliphatic heterocycles. The van der Waals surface area contributed by atoms with Gasteiger partial charge in [-0.25, -0.2) is 4.79 Å². The standard InChI is InChI=1S/C19H36BNO4/c1-13(2)11-12-16(20-24-18(7,8)19(9,10)25-20)23-17(22)21(14(3)4)15(5)6/h12-15H,11H2,1-10H3/b16-12-. The van der Waals surface area contributed by atoms with Gasteiger partial charge in [-0.1, -0.05) is 13.8 Å². The zero-order chi connectivity index (χ0) is 19.6. The van der Waals surface area contributed by atoms with Crippen molar-refractivity contribution in [2.75, 3.05) is 0 Å². The van der Waals surface area contributed by atoms with Gasteiger partial charge in [-0.2, -0.15) is 0 Å². The number of rotatable bonds is 6. The molecule has 0 unspecified atom stereocenters. The third-order valence-corrected chi connectivity index (χ3v) is 4.80. The summed E-state index contributed by atoms with van der Waals surface area (Å²) in [6.07, 6.45) is 2.34. The normalized spacial score (nSPS) is 19.9. The van der Waals surface area contributed by atoms with Crippen molar-refractivity contribution in [2.45, 2.75) is 98.9 Å². The van der Waals surface area contributed by atoms with Crippen LogP contribution in [-0.2, 0) is 14.0 Å². The average Bonchev–Trinajstić information content (AvgIpc) is 2.62. The van der Waals surface area contributed by atoms with Gasteiger partial charge >= 0.3 is 13.2 Å². The third kappa shape index (κ3) is 5.48. The molecule has 25 heavy (non-hydrogen) atoms. The fourth-order valence-corrected chi connectivity index (χ4v) is 2.67. The largest absolute Gasteiger partial charge is 0.532 e. The number of carbonyl (C=O) groups excluding carboxylic acids is 1. The molecule has 5 nitrogen and oxygen atoms in total. The van der Waals surface area contributed by atoms with E-state index in [1.807, 2.05) is 61.5 Å². The summed E-state index contributed by atoms with van der Waals surface area (Å²) in [5.41, 5.74) is -0.503. The Morgan fingerprint density at radius 1 is 1.00 bits per heavy atom. The molecule has 0 aliphatic carbocycles. The Morgan fingerprint density at radius 2 is 1.44 bits per heavy atom. The molecule has 1 amide bonds. The van der Waals surface area contributed by atoms with E-state index < -0.39 is 18.3 Å². The molecule has 0 spiro atoms. The Morgan fingerprint density at radius 3 is 1.80 bits per heavy atom. The van der Waals surface area contributed by atoms with Gasteiger partial charge in [-0.15, -0.1) is 0 Å².